The Kier molecular flexibility index (Phi) is 4.74. The molecule has 1 unspecified atom stereocenters. The zero-order chi connectivity index (χ0) is 14.5. The summed E-state index contributed by atoms with van der Waals surface area (Å²) in [6, 6.07) is 7.16. The molecule has 108 valence electrons. The predicted octanol–water partition coefficient (Wildman–Crippen LogP) is 0.409. The first-order valence-corrected chi connectivity index (χ1v) is 6.99. The van der Waals surface area contributed by atoms with Crippen LogP contribution < -0.4 is 10.6 Å². The summed E-state index contributed by atoms with van der Waals surface area (Å²) >= 11 is 0. The Morgan fingerprint density at radius 2 is 2.05 bits per heavy atom. The van der Waals surface area contributed by atoms with Gasteiger partial charge in [-0.1, -0.05) is 19.1 Å². The van der Waals surface area contributed by atoms with Gasteiger partial charge >= 0.3 is 0 Å². The van der Waals surface area contributed by atoms with Crippen LogP contribution in [-0.2, 0) is 11.2 Å². The van der Waals surface area contributed by atoms with E-state index in [1.165, 1.54) is 5.56 Å². The van der Waals surface area contributed by atoms with Crippen molar-refractivity contribution in [2.75, 3.05) is 26.7 Å². The van der Waals surface area contributed by atoms with Crippen LogP contribution >= 0.6 is 0 Å². The van der Waals surface area contributed by atoms with Gasteiger partial charge in [0.2, 0.25) is 5.91 Å². The van der Waals surface area contributed by atoms with Gasteiger partial charge in [-0.2, -0.15) is 0 Å². The first kappa shape index (κ1) is 14.5. The van der Waals surface area contributed by atoms with E-state index in [1.54, 1.807) is 11.9 Å². The molecule has 1 saturated heterocycles. The van der Waals surface area contributed by atoms with E-state index in [4.69, 9.17) is 0 Å². The summed E-state index contributed by atoms with van der Waals surface area (Å²) in [5.74, 6) is -0.210. The van der Waals surface area contributed by atoms with Crippen molar-refractivity contribution >= 4 is 11.8 Å². The number of amides is 2. The average molecular weight is 275 g/mol. The summed E-state index contributed by atoms with van der Waals surface area (Å²) in [6.45, 7) is 3.84. The van der Waals surface area contributed by atoms with Crippen LogP contribution in [0, 0.1) is 0 Å². The number of hydrogen-bond acceptors (Lipinski definition) is 3. The average Bonchev–Trinajstić information content (AvgIpc) is 2.53. The standard InChI is InChI=1S/C15H21N3O2/c1-3-11-4-6-12(7-5-11)15(20)18-9-8-17-10-13(18)14(19)16-2/h4-7,13,17H,3,8-10H2,1-2H3,(H,16,19). The summed E-state index contributed by atoms with van der Waals surface area (Å²) in [5, 5.41) is 5.77. The molecule has 1 aliphatic heterocycles. The zero-order valence-electron chi connectivity index (χ0n) is 12.0. The van der Waals surface area contributed by atoms with Crippen LogP contribution in [0.1, 0.15) is 22.8 Å². The number of nitrogens with zero attached hydrogens (tertiary/aromatic N) is 1. The van der Waals surface area contributed by atoms with Crippen molar-refractivity contribution in [2.24, 2.45) is 0 Å². The van der Waals surface area contributed by atoms with Crippen LogP contribution in [0.5, 0.6) is 0 Å². The number of aryl methyl sites for hydroxylation is 1. The maximum Gasteiger partial charge on any atom is 0.254 e. The molecular formula is C15H21N3O2. The number of hydrogen-bond donors (Lipinski definition) is 2. The Hall–Kier alpha value is -1.88. The van der Waals surface area contributed by atoms with Crippen molar-refractivity contribution < 1.29 is 9.59 Å². The van der Waals surface area contributed by atoms with E-state index in [-0.39, 0.29) is 11.8 Å². The first-order valence-electron chi connectivity index (χ1n) is 6.99. The summed E-state index contributed by atoms with van der Waals surface area (Å²) in [5.41, 5.74) is 1.84. The van der Waals surface area contributed by atoms with Gasteiger partial charge in [0, 0.05) is 32.2 Å². The van der Waals surface area contributed by atoms with Crippen LogP contribution in [0.4, 0.5) is 0 Å². The zero-order valence-corrected chi connectivity index (χ0v) is 12.0. The quantitative estimate of drug-likeness (QED) is 0.840. The van der Waals surface area contributed by atoms with E-state index in [2.05, 4.69) is 17.6 Å². The molecule has 0 bridgehead atoms. The molecule has 1 heterocycles. The van der Waals surface area contributed by atoms with Crippen molar-refractivity contribution in [1.29, 1.82) is 0 Å². The Bertz CT molecular complexity index is 484. The number of carbonyl (C=O) groups excluding carboxylic acids is 2. The summed E-state index contributed by atoms with van der Waals surface area (Å²) in [4.78, 5) is 26.1. The number of benzene rings is 1. The van der Waals surface area contributed by atoms with Gasteiger partial charge < -0.3 is 15.5 Å². The topological polar surface area (TPSA) is 61.4 Å². The van der Waals surface area contributed by atoms with Gasteiger partial charge in [0.15, 0.2) is 0 Å². The van der Waals surface area contributed by atoms with Crippen LogP contribution in [0.25, 0.3) is 0 Å². The molecule has 1 aromatic carbocycles. The molecule has 1 fully saturated rings. The van der Waals surface area contributed by atoms with Crippen molar-refractivity contribution in [3.8, 4) is 0 Å². The molecule has 0 spiro atoms. The van der Waals surface area contributed by atoms with E-state index in [9.17, 15) is 9.59 Å². The highest BCUT2D eigenvalue weighted by atomic mass is 16.2. The van der Waals surface area contributed by atoms with Gasteiger partial charge in [-0.15, -0.1) is 0 Å². The second kappa shape index (κ2) is 6.52. The van der Waals surface area contributed by atoms with Crippen molar-refractivity contribution in [3.05, 3.63) is 35.4 Å². The van der Waals surface area contributed by atoms with E-state index in [0.29, 0.717) is 25.2 Å². The third-order valence-electron chi connectivity index (χ3n) is 3.66. The fourth-order valence-corrected chi connectivity index (χ4v) is 2.40. The van der Waals surface area contributed by atoms with Gasteiger partial charge in [-0.3, -0.25) is 9.59 Å². The SMILES string of the molecule is CCc1ccc(C(=O)N2CCNCC2C(=O)NC)cc1. The minimum atomic E-state index is -0.438. The van der Waals surface area contributed by atoms with Gasteiger partial charge in [0.25, 0.3) is 5.91 Å². The summed E-state index contributed by atoms with van der Waals surface area (Å²) < 4.78 is 0. The van der Waals surface area contributed by atoms with Gasteiger partial charge in [0.05, 0.1) is 0 Å². The predicted molar refractivity (Wildman–Crippen MR) is 77.6 cm³/mol. The number of piperazine rings is 1. The molecule has 0 aliphatic carbocycles. The molecule has 0 radical (unpaired) electrons. The van der Waals surface area contributed by atoms with E-state index >= 15 is 0 Å². The molecular weight excluding hydrogens is 254 g/mol. The second-order valence-corrected chi connectivity index (χ2v) is 4.88. The van der Waals surface area contributed by atoms with E-state index in [0.717, 1.165) is 6.42 Å². The Morgan fingerprint density at radius 3 is 2.65 bits per heavy atom. The fourth-order valence-electron chi connectivity index (χ4n) is 2.40. The lowest BCUT2D eigenvalue weighted by Gasteiger charge is -2.35. The Labute approximate surface area is 119 Å². The highest BCUT2D eigenvalue weighted by Crippen LogP contribution is 2.12. The van der Waals surface area contributed by atoms with E-state index in [1.807, 2.05) is 24.3 Å². The van der Waals surface area contributed by atoms with Crippen LogP contribution in [-0.4, -0.2) is 49.4 Å². The second-order valence-electron chi connectivity index (χ2n) is 4.88. The lowest BCUT2D eigenvalue weighted by Crippen LogP contribution is -2.59. The molecule has 0 saturated carbocycles. The maximum absolute atomic E-state index is 12.5. The molecule has 1 aromatic rings. The Balaban J connectivity index is 2.18. The van der Waals surface area contributed by atoms with Crippen molar-refractivity contribution in [1.82, 2.24) is 15.5 Å². The number of likely N-dealkylation sites (N-methyl/N-ethyl adjacent to an activating group) is 1. The number of carbonyl (C=O) groups is 2. The van der Waals surface area contributed by atoms with Gasteiger partial charge in [0.1, 0.15) is 6.04 Å². The van der Waals surface area contributed by atoms with Crippen LogP contribution in [0.3, 0.4) is 0 Å². The third kappa shape index (κ3) is 2.99. The Morgan fingerprint density at radius 1 is 1.35 bits per heavy atom. The number of rotatable bonds is 3. The lowest BCUT2D eigenvalue weighted by molar-refractivity contribution is -0.125. The van der Waals surface area contributed by atoms with Crippen molar-refractivity contribution in [3.63, 3.8) is 0 Å². The molecule has 20 heavy (non-hydrogen) atoms. The monoisotopic (exact) mass is 275 g/mol. The molecule has 5 nitrogen and oxygen atoms in total. The minimum Gasteiger partial charge on any atom is -0.357 e. The van der Waals surface area contributed by atoms with Crippen LogP contribution in [0.15, 0.2) is 24.3 Å². The molecule has 1 atom stereocenters. The molecule has 2 rings (SSSR count). The molecule has 2 N–H and O–H groups in total. The van der Waals surface area contributed by atoms with Crippen LogP contribution in [0.2, 0.25) is 0 Å². The highest BCUT2D eigenvalue weighted by Gasteiger charge is 2.31. The summed E-state index contributed by atoms with van der Waals surface area (Å²) in [7, 11) is 1.59. The fraction of sp³-hybridized carbons (Fsp3) is 0.467. The first-order chi connectivity index (χ1) is 9.67. The maximum atomic E-state index is 12.5. The molecule has 0 aromatic heterocycles. The van der Waals surface area contributed by atoms with Gasteiger partial charge in [-0.05, 0) is 24.1 Å². The smallest absolute Gasteiger partial charge is 0.254 e. The minimum absolute atomic E-state index is 0.0808. The van der Waals surface area contributed by atoms with Gasteiger partial charge in [-0.25, -0.2) is 0 Å². The largest absolute Gasteiger partial charge is 0.357 e. The van der Waals surface area contributed by atoms with E-state index < -0.39 is 6.04 Å². The highest BCUT2D eigenvalue weighted by molar-refractivity contribution is 5.97. The molecule has 1 aliphatic rings. The number of nitrogens with one attached hydrogen (secondary N) is 2. The lowest BCUT2D eigenvalue weighted by atomic mass is 10.1. The molecule has 2 amide bonds. The van der Waals surface area contributed by atoms with Crippen molar-refractivity contribution in [2.45, 2.75) is 19.4 Å². The normalized spacial score (nSPS) is 18.7. The molecule has 5 heteroatoms. The summed E-state index contributed by atoms with van der Waals surface area (Å²) in [6.07, 6.45) is 0.947. The third-order valence-corrected chi connectivity index (χ3v) is 3.66.